The maximum atomic E-state index is 11.2. The minimum Gasteiger partial charge on any atom is -0.376 e. The molecule has 0 saturated carbocycles. The van der Waals surface area contributed by atoms with Crippen LogP contribution in [0.2, 0.25) is 0 Å². The molecule has 2 heterocycles. The van der Waals surface area contributed by atoms with E-state index in [9.17, 15) is 4.79 Å². The van der Waals surface area contributed by atoms with E-state index in [0.29, 0.717) is 17.5 Å². The predicted octanol–water partition coefficient (Wildman–Crippen LogP) is -0.00420. The normalized spacial score (nSPS) is 20.6. The van der Waals surface area contributed by atoms with Crippen molar-refractivity contribution in [2.75, 3.05) is 17.2 Å². The van der Waals surface area contributed by atoms with Crippen LogP contribution in [-0.4, -0.2) is 22.6 Å². The van der Waals surface area contributed by atoms with Crippen molar-refractivity contribution in [3.8, 4) is 0 Å². The monoisotopic (exact) mass is 166 g/mol. The zero-order valence-corrected chi connectivity index (χ0v) is 6.72. The van der Waals surface area contributed by atoms with E-state index in [-0.39, 0.29) is 5.56 Å². The van der Waals surface area contributed by atoms with Crippen molar-refractivity contribution in [3.05, 3.63) is 16.7 Å². The van der Waals surface area contributed by atoms with Crippen LogP contribution < -0.4 is 16.2 Å². The lowest BCUT2D eigenvalue weighted by Crippen LogP contribution is -2.34. The van der Waals surface area contributed by atoms with Crippen LogP contribution in [-0.2, 0) is 0 Å². The van der Waals surface area contributed by atoms with Gasteiger partial charge in [-0.05, 0) is 6.92 Å². The van der Waals surface area contributed by atoms with E-state index in [1.54, 1.807) is 0 Å². The van der Waals surface area contributed by atoms with Gasteiger partial charge in [-0.25, -0.2) is 4.98 Å². The lowest BCUT2D eigenvalue weighted by molar-refractivity contribution is 0.801. The SMILES string of the molecule is CC1CNc2c(nc[nH]c2=O)N1. The van der Waals surface area contributed by atoms with E-state index in [1.807, 2.05) is 6.92 Å². The maximum absolute atomic E-state index is 11.2. The molecule has 64 valence electrons. The molecule has 1 atom stereocenters. The molecule has 12 heavy (non-hydrogen) atoms. The largest absolute Gasteiger partial charge is 0.376 e. The van der Waals surface area contributed by atoms with E-state index < -0.39 is 0 Å². The van der Waals surface area contributed by atoms with Crippen LogP contribution >= 0.6 is 0 Å². The van der Waals surface area contributed by atoms with Crippen LogP contribution in [0.15, 0.2) is 11.1 Å². The van der Waals surface area contributed by atoms with Gasteiger partial charge in [0.2, 0.25) is 0 Å². The standard InChI is InChI=1S/C7H10N4O/c1-4-2-8-5-6(11-4)9-3-10-7(5)12/h3-4,8H,2H2,1H3,(H2,9,10,11,12). The Kier molecular flexibility index (Phi) is 1.49. The molecule has 0 saturated heterocycles. The Labute approximate surface area is 69.2 Å². The highest BCUT2D eigenvalue weighted by Crippen LogP contribution is 2.17. The number of anilines is 2. The lowest BCUT2D eigenvalue weighted by atomic mass is 10.2. The molecule has 1 aliphatic rings. The van der Waals surface area contributed by atoms with Gasteiger partial charge in [-0.1, -0.05) is 0 Å². The number of hydrogen-bond acceptors (Lipinski definition) is 4. The first-order valence-electron chi connectivity index (χ1n) is 3.85. The molecule has 0 aromatic carbocycles. The first-order chi connectivity index (χ1) is 5.77. The summed E-state index contributed by atoms with van der Waals surface area (Å²) in [5, 5.41) is 6.12. The summed E-state index contributed by atoms with van der Waals surface area (Å²) in [4.78, 5) is 17.7. The Balaban J connectivity index is 2.49. The molecule has 0 aliphatic carbocycles. The van der Waals surface area contributed by atoms with Gasteiger partial charge in [-0.3, -0.25) is 4.79 Å². The summed E-state index contributed by atoms with van der Waals surface area (Å²) in [6, 6.07) is 0.312. The molecule has 0 bridgehead atoms. The van der Waals surface area contributed by atoms with Crippen molar-refractivity contribution in [1.82, 2.24) is 9.97 Å². The third-order valence-electron chi connectivity index (χ3n) is 1.82. The molecule has 5 nitrogen and oxygen atoms in total. The van der Waals surface area contributed by atoms with Gasteiger partial charge in [0.25, 0.3) is 5.56 Å². The first-order valence-corrected chi connectivity index (χ1v) is 3.85. The Hall–Kier alpha value is -1.52. The van der Waals surface area contributed by atoms with Crippen LogP contribution in [0, 0.1) is 0 Å². The number of nitrogens with zero attached hydrogens (tertiary/aromatic N) is 1. The molecule has 0 amide bonds. The third-order valence-corrected chi connectivity index (χ3v) is 1.82. The van der Waals surface area contributed by atoms with E-state index in [1.165, 1.54) is 6.33 Å². The van der Waals surface area contributed by atoms with Gasteiger partial charge >= 0.3 is 0 Å². The van der Waals surface area contributed by atoms with Crippen molar-refractivity contribution in [2.24, 2.45) is 0 Å². The fourth-order valence-electron chi connectivity index (χ4n) is 1.21. The minimum absolute atomic E-state index is 0.126. The van der Waals surface area contributed by atoms with Gasteiger partial charge in [0.15, 0.2) is 5.82 Å². The van der Waals surface area contributed by atoms with Crippen LogP contribution in [0.5, 0.6) is 0 Å². The van der Waals surface area contributed by atoms with Gasteiger partial charge < -0.3 is 15.6 Å². The molecule has 0 spiro atoms. The zero-order chi connectivity index (χ0) is 8.55. The number of rotatable bonds is 0. The van der Waals surface area contributed by atoms with Gasteiger partial charge in [0.1, 0.15) is 5.69 Å². The molecule has 1 aliphatic heterocycles. The fourth-order valence-corrected chi connectivity index (χ4v) is 1.21. The van der Waals surface area contributed by atoms with Crippen molar-refractivity contribution >= 4 is 11.5 Å². The molecule has 1 aromatic rings. The van der Waals surface area contributed by atoms with Gasteiger partial charge in [0, 0.05) is 12.6 Å². The van der Waals surface area contributed by atoms with E-state index in [4.69, 9.17) is 0 Å². The average molecular weight is 166 g/mol. The Morgan fingerprint density at radius 3 is 3.33 bits per heavy atom. The minimum atomic E-state index is -0.126. The Morgan fingerprint density at radius 2 is 2.50 bits per heavy atom. The highest BCUT2D eigenvalue weighted by molar-refractivity contribution is 5.65. The third kappa shape index (κ3) is 1.03. The second-order valence-electron chi connectivity index (χ2n) is 2.88. The molecule has 1 aromatic heterocycles. The van der Waals surface area contributed by atoms with Gasteiger partial charge in [-0.2, -0.15) is 0 Å². The van der Waals surface area contributed by atoms with E-state index in [2.05, 4.69) is 20.6 Å². The Morgan fingerprint density at radius 1 is 1.67 bits per heavy atom. The summed E-state index contributed by atoms with van der Waals surface area (Å²) < 4.78 is 0. The molecule has 5 heteroatoms. The lowest BCUT2D eigenvalue weighted by Gasteiger charge is -2.23. The van der Waals surface area contributed by atoms with E-state index in [0.717, 1.165) is 6.54 Å². The molecule has 2 rings (SSSR count). The number of fused-ring (bicyclic) bond motifs is 1. The highest BCUT2D eigenvalue weighted by Gasteiger charge is 2.16. The van der Waals surface area contributed by atoms with Crippen LogP contribution in [0.4, 0.5) is 11.5 Å². The highest BCUT2D eigenvalue weighted by atomic mass is 16.1. The number of H-pyrrole nitrogens is 1. The van der Waals surface area contributed by atoms with Crippen molar-refractivity contribution in [2.45, 2.75) is 13.0 Å². The maximum Gasteiger partial charge on any atom is 0.276 e. The number of hydrogen-bond donors (Lipinski definition) is 3. The van der Waals surface area contributed by atoms with Crippen LogP contribution in [0.3, 0.4) is 0 Å². The topological polar surface area (TPSA) is 69.8 Å². The molecule has 0 radical (unpaired) electrons. The van der Waals surface area contributed by atoms with Gasteiger partial charge in [0.05, 0.1) is 6.33 Å². The molecule has 3 N–H and O–H groups in total. The molecule has 0 fully saturated rings. The number of aromatic amines is 1. The number of nitrogens with one attached hydrogen (secondary N) is 3. The average Bonchev–Trinajstić information content (AvgIpc) is 2.04. The van der Waals surface area contributed by atoms with Crippen LogP contribution in [0.25, 0.3) is 0 Å². The van der Waals surface area contributed by atoms with E-state index >= 15 is 0 Å². The van der Waals surface area contributed by atoms with Crippen molar-refractivity contribution in [3.63, 3.8) is 0 Å². The molecular weight excluding hydrogens is 156 g/mol. The predicted molar refractivity (Wildman–Crippen MR) is 46.4 cm³/mol. The first kappa shape index (κ1) is 7.15. The van der Waals surface area contributed by atoms with Crippen LogP contribution in [0.1, 0.15) is 6.92 Å². The molecular formula is C7H10N4O. The summed E-state index contributed by atoms with van der Waals surface area (Å²) in [6.07, 6.45) is 1.40. The van der Waals surface area contributed by atoms with Crippen molar-refractivity contribution in [1.29, 1.82) is 0 Å². The fraction of sp³-hybridized carbons (Fsp3) is 0.429. The summed E-state index contributed by atoms with van der Waals surface area (Å²) in [5.74, 6) is 0.637. The smallest absolute Gasteiger partial charge is 0.276 e. The second-order valence-corrected chi connectivity index (χ2v) is 2.88. The number of aromatic nitrogens is 2. The quantitative estimate of drug-likeness (QED) is 0.507. The summed E-state index contributed by atoms with van der Waals surface area (Å²) in [7, 11) is 0. The zero-order valence-electron chi connectivity index (χ0n) is 6.72. The van der Waals surface area contributed by atoms with Gasteiger partial charge in [-0.15, -0.1) is 0 Å². The summed E-state index contributed by atoms with van der Waals surface area (Å²) >= 11 is 0. The summed E-state index contributed by atoms with van der Waals surface area (Å²) in [5.41, 5.74) is 0.412. The second kappa shape index (κ2) is 2.51. The Bertz CT molecular complexity index is 346. The van der Waals surface area contributed by atoms with Crippen molar-refractivity contribution < 1.29 is 0 Å². The molecule has 1 unspecified atom stereocenters. The summed E-state index contributed by atoms with van der Waals surface area (Å²) in [6.45, 7) is 2.78.